The van der Waals surface area contributed by atoms with E-state index in [1.54, 1.807) is 19.1 Å². The van der Waals surface area contributed by atoms with E-state index in [0.29, 0.717) is 16.9 Å². The topological polar surface area (TPSA) is 75.3 Å². The van der Waals surface area contributed by atoms with Crippen LogP contribution in [0.25, 0.3) is 0 Å². The summed E-state index contributed by atoms with van der Waals surface area (Å²) in [5, 5.41) is 5.79. The zero-order chi connectivity index (χ0) is 22.5. The van der Waals surface area contributed by atoms with Gasteiger partial charge in [0.2, 0.25) is 11.8 Å². The van der Waals surface area contributed by atoms with Gasteiger partial charge in [0.1, 0.15) is 5.92 Å². The van der Waals surface area contributed by atoms with Crippen molar-refractivity contribution >= 4 is 29.0 Å². The fourth-order valence-corrected chi connectivity index (χ4v) is 4.26. The monoisotopic (exact) mass is 424 g/mol. The second-order valence-corrected chi connectivity index (χ2v) is 7.89. The lowest BCUT2D eigenvalue weighted by Gasteiger charge is -2.35. The van der Waals surface area contributed by atoms with Gasteiger partial charge in [0, 0.05) is 17.3 Å². The summed E-state index contributed by atoms with van der Waals surface area (Å²) in [6, 6.07) is 27.5. The molecule has 0 aromatic heterocycles. The maximum atomic E-state index is 13.4. The zero-order valence-electron chi connectivity index (χ0n) is 17.7. The fourth-order valence-electron chi connectivity index (χ4n) is 4.26. The number of hydrogen-bond donors (Lipinski definition) is 2. The summed E-state index contributed by atoms with van der Waals surface area (Å²) in [6.07, 6.45) is 1.43. The molecule has 3 atom stereocenters. The van der Waals surface area contributed by atoms with Gasteiger partial charge in [0.15, 0.2) is 5.78 Å². The number of amides is 2. The van der Waals surface area contributed by atoms with Crippen LogP contribution < -0.4 is 10.6 Å². The quantitative estimate of drug-likeness (QED) is 0.577. The molecule has 0 radical (unpaired) electrons. The number of rotatable bonds is 5. The van der Waals surface area contributed by atoms with Gasteiger partial charge < -0.3 is 10.6 Å². The Bertz CT molecular complexity index is 1140. The van der Waals surface area contributed by atoms with Gasteiger partial charge in [0.25, 0.3) is 0 Å². The van der Waals surface area contributed by atoms with Crippen LogP contribution in [-0.4, -0.2) is 17.6 Å². The minimum absolute atomic E-state index is 0.246. The summed E-state index contributed by atoms with van der Waals surface area (Å²) in [7, 11) is 0. The van der Waals surface area contributed by atoms with Crippen LogP contribution in [0.5, 0.6) is 0 Å². The van der Waals surface area contributed by atoms with E-state index in [4.69, 9.17) is 0 Å². The Labute approximate surface area is 187 Å². The van der Waals surface area contributed by atoms with Crippen molar-refractivity contribution in [1.82, 2.24) is 0 Å². The molecule has 0 fully saturated rings. The van der Waals surface area contributed by atoms with Crippen LogP contribution in [0.4, 0.5) is 11.4 Å². The molecule has 0 bridgehead atoms. The molecule has 4 rings (SSSR count). The van der Waals surface area contributed by atoms with Crippen LogP contribution in [-0.2, 0) is 14.4 Å². The summed E-state index contributed by atoms with van der Waals surface area (Å²) in [5.74, 6) is -3.27. The number of carbonyl (C=O) groups is 3. The van der Waals surface area contributed by atoms with Crippen LogP contribution in [0.1, 0.15) is 18.4 Å². The largest absolute Gasteiger partial charge is 0.326 e. The van der Waals surface area contributed by atoms with Gasteiger partial charge in [-0.1, -0.05) is 72.3 Å². The van der Waals surface area contributed by atoms with Crippen molar-refractivity contribution in [3.8, 4) is 0 Å². The number of hydrogen-bond acceptors (Lipinski definition) is 3. The summed E-state index contributed by atoms with van der Waals surface area (Å²) in [4.78, 5) is 39.8. The van der Waals surface area contributed by atoms with Crippen molar-refractivity contribution in [2.75, 3.05) is 10.6 Å². The molecule has 1 aliphatic carbocycles. The number of allylic oxidation sites excluding steroid dienone is 1. The van der Waals surface area contributed by atoms with E-state index in [2.05, 4.69) is 10.6 Å². The van der Waals surface area contributed by atoms with Crippen molar-refractivity contribution in [1.29, 1.82) is 0 Å². The van der Waals surface area contributed by atoms with Gasteiger partial charge in [-0.05, 0) is 42.8 Å². The lowest BCUT2D eigenvalue weighted by molar-refractivity contribution is -0.131. The van der Waals surface area contributed by atoms with E-state index in [-0.39, 0.29) is 11.7 Å². The van der Waals surface area contributed by atoms with E-state index in [9.17, 15) is 14.4 Å². The van der Waals surface area contributed by atoms with Crippen LogP contribution in [0.15, 0.2) is 103 Å². The van der Waals surface area contributed by atoms with Crippen molar-refractivity contribution in [3.63, 3.8) is 0 Å². The molecule has 5 nitrogen and oxygen atoms in total. The van der Waals surface area contributed by atoms with E-state index in [0.717, 1.165) is 5.56 Å². The normalized spacial score (nSPS) is 20.2. The average Bonchev–Trinajstić information content (AvgIpc) is 2.80. The van der Waals surface area contributed by atoms with Gasteiger partial charge in [-0.2, -0.15) is 0 Å². The summed E-state index contributed by atoms with van der Waals surface area (Å²) < 4.78 is 0. The van der Waals surface area contributed by atoms with Crippen LogP contribution in [0.3, 0.4) is 0 Å². The van der Waals surface area contributed by atoms with E-state index >= 15 is 0 Å². The number of carbonyl (C=O) groups excluding carboxylic acids is 3. The van der Waals surface area contributed by atoms with Crippen molar-refractivity contribution in [2.45, 2.75) is 12.8 Å². The Balaban J connectivity index is 1.72. The number of anilines is 2. The predicted molar refractivity (Wildman–Crippen MR) is 125 cm³/mol. The van der Waals surface area contributed by atoms with Crippen molar-refractivity contribution < 1.29 is 14.4 Å². The molecule has 0 heterocycles. The second-order valence-electron chi connectivity index (χ2n) is 7.89. The van der Waals surface area contributed by atoms with Crippen molar-refractivity contribution in [3.05, 3.63) is 108 Å². The highest BCUT2D eigenvalue weighted by atomic mass is 16.2. The third kappa shape index (κ3) is 4.52. The molecule has 3 aromatic rings. The zero-order valence-corrected chi connectivity index (χ0v) is 17.7. The highest BCUT2D eigenvalue weighted by Gasteiger charge is 2.46. The Morgan fingerprint density at radius 2 is 1.09 bits per heavy atom. The SMILES string of the molecule is CC1=CC(=O)[C@H](C(=O)Nc2ccccc2)[C@H](c2ccccc2)[C@H]1C(=O)Nc1ccccc1. The molecule has 2 N–H and O–H groups in total. The first-order chi connectivity index (χ1) is 15.5. The lowest BCUT2D eigenvalue weighted by Crippen LogP contribution is -2.44. The Hall–Kier alpha value is -3.99. The molecule has 0 unspecified atom stereocenters. The van der Waals surface area contributed by atoms with Crippen LogP contribution in [0, 0.1) is 11.8 Å². The van der Waals surface area contributed by atoms with Gasteiger partial charge in [-0.3, -0.25) is 14.4 Å². The van der Waals surface area contributed by atoms with Crippen LogP contribution in [0.2, 0.25) is 0 Å². The third-order valence-corrected chi connectivity index (χ3v) is 5.72. The number of para-hydroxylation sites is 2. The van der Waals surface area contributed by atoms with Gasteiger partial charge >= 0.3 is 0 Å². The molecule has 32 heavy (non-hydrogen) atoms. The standard InChI is InChI=1S/C27H24N2O3/c1-18-17-22(30)25(27(32)29-21-15-9-4-10-16-21)24(19-11-5-2-6-12-19)23(18)26(31)28-20-13-7-3-8-14-20/h2-17,23-25H,1H3,(H,28,31)(H,29,32)/t23-,24+,25-/m0/s1. The summed E-state index contributed by atoms with van der Waals surface area (Å²) in [6.45, 7) is 1.77. The molecule has 0 aliphatic heterocycles. The summed E-state index contributed by atoms with van der Waals surface area (Å²) in [5.41, 5.74) is 2.68. The molecular weight excluding hydrogens is 400 g/mol. The summed E-state index contributed by atoms with van der Waals surface area (Å²) >= 11 is 0. The Kier molecular flexibility index (Phi) is 6.26. The molecule has 5 heteroatoms. The molecule has 0 saturated heterocycles. The lowest BCUT2D eigenvalue weighted by atomic mass is 9.67. The molecular formula is C27H24N2O3. The first kappa shape index (κ1) is 21.2. The number of benzene rings is 3. The van der Waals surface area contributed by atoms with Gasteiger partial charge in [-0.15, -0.1) is 0 Å². The molecule has 0 spiro atoms. The van der Waals surface area contributed by atoms with Crippen LogP contribution >= 0.6 is 0 Å². The van der Waals surface area contributed by atoms with E-state index in [1.165, 1.54) is 6.08 Å². The molecule has 2 amide bonds. The third-order valence-electron chi connectivity index (χ3n) is 5.72. The van der Waals surface area contributed by atoms with E-state index in [1.807, 2.05) is 78.9 Å². The van der Waals surface area contributed by atoms with E-state index < -0.39 is 23.7 Å². The first-order valence-corrected chi connectivity index (χ1v) is 10.5. The van der Waals surface area contributed by atoms with Gasteiger partial charge in [0.05, 0.1) is 5.92 Å². The second kappa shape index (κ2) is 9.43. The average molecular weight is 425 g/mol. The Morgan fingerprint density at radius 3 is 1.59 bits per heavy atom. The highest BCUT2D eigenvalue weighted by Crippen LogP contribution is 2.42. The molecule has 3 aromatic carbocycles. The van der Waals surface area contributed by atoms with Gasteiger partial charge in [-0.25, -0.2) is 0 Å². The minimum atomic E-state index is -1.02. The minimum Gasteiger partial charge on any atom is -0.326 e. The number of nitrogens with one attached hydrogen (secondary N) is 2. The Morgan fingerprint density at radius 1 is 0.656 bits per heavy atom. The smallest absolute Gasteiger partial charge is 0.235 e. The van der Waals surface area contributed by atoms with Crippen molar-refractivity contribution in [2.24, 2.45) is 11.8 Å². The maximum Gasteiger partial charge on any atom is 0.235 e. The predicted octanol–water partition coefficient (Wildman–Crippen LogP) is 4.81. The molecule has 0 saturated carbocycles. The number of ketones is 1. The first-order valence-electron chi connectivity index (χ1n) is 10.5. The molecule has 1 aliphatic rings. The fraction of sp³-hybridized carbons (Fsp3) is 0.148. The highest BCUT2D eigenvalue weighted by molar-refractivity contribution is 6.14. The molecule has 160 valence electrons. The maximum absolute atomic E-state index is 13.4.